The van der Waals surface area contributed by atoms with Gasteiger partial charge in [-0.2, -0.15) is 0 Å². The zero-order chi connectivity index (χ0) is 63.8. The third-order valence-corrected chi connectivity index (χ3v) is 17.0. The molecule has 0 radical (unpaired) electrons. The molecule has 12 aromatic rings. The average Bonchev–Trinajstić information content (AvgIpc) is 1.42. The second kappa shape index (κ2) is 30.5. The summed E-state index contributed by atoms with van der Waals surface area (Å²) in [6.07, 6.45) is 11.0. The van der Waals surface area contributed by atoms with Crippen molar-refractivity contribution in [1.29, 1.82) is 0 Å². The van der Waals surface area contributed by atoms with E-state index < -0.39 is 0 Å². The van der Waals surface area contributed by atoms with Crippen molar-refractivity contribution in [1.82, 2.24) is 0 Å². The van der Waals surface area contributed by atoms with Crippen LogP contribution in [0.5, 0.6) is 0 Å². The number of aromatic nitrogens is 4. The smallest absolute Gasteiger partial charge is 0.201 e. The van der Waals surface area contributed by atoms with Gasteiger partial charge in [-0.15, -0.1) is 0 Å². The van der Waals surface area contributed by atoms with Crippen LogP contribution in [0, 0.1) is 40.5 Å². The molecule has 0 bridgehead atoms. The summed E-state index contributed by atoms with van der Waals surface area (Å²) in [6.45, 7) is 22.1. The lowest BCUT2D eigenvalue weighted by molar-refractivity contribution is -0.660. The van der Waals surface area contributed by atoms with Crippen molar-refractivity contribution in [2.75, 3.05) is 0 Å². The van der Waals surface area contributed by atoms with Crippen LogP contribution in [0.25, 0.3) is 89.5 Å². The third-order valence-electron chi connectivity index (χ3n) is 17.0. The van der Waals surface area contributed by atoms with E-state index in [0.29, 0.717) is 11.8 Å². The highest BCUT2D eigenvalue weighted by Crippen LogP contribution is 2.31. The van der Waals surface area contributed by atoms with Gasteiger partial charge in [-0.05, 0) is 169 Å². The number of pyridine rings is 4. The second-order valence-electron chi connectivity index (χ2n) is 24.9. The average molecular weight is 1180 g/mol. The topological polar surface area (TPSA) is 15.5 Å². The highest BCUT2D eigenvalue weighted by molar-refractivity contribution is 5.72. The first-order valence-corrected chi connectivity index (χ1v) is 32.0. The summed E-state index contributed by atoms with van der Waals surface area (Å²) >= 11 is 0. The van der Waals surface area contributed by atoms with E-state index >= 15 is 0 Å². The zero-order valence-corrected chi connectivity index (χ0v) is 55.8. The van der Waals surface area contributed by atoms with Gasteiger partial charge >= 0.3 is 0 Å². The highest BCUT2D eigenvalue weighted by atomic mass is 14.9. The summed E-state index contributed by atoms with van der Waals surface area (Å²) in [6, 6.07) is 86.9. The Morgan fingerprint density at radius 2 is 0.667 bits per heavy atom. The van der Waals surface area contributed by atoms with Crippen LogP contribution >= 0.6 is 0 Å². The first-order chi connectivity index (χ1) is 43.4. The fourth-order valence-corrected chi connectivity index (χ4v) is 12.0. The minimum atomic E-state index is 0.567. The van der Waals surface area contributed by atoms with Crippen molar-refractivity contribution in [3.8, 4) is 89.5 Å². The number of rotatable bonds is 12. The van der Waals surface area contributed by atoms with Crippen LogP contribution in [-0.4, -0.2) is 0 Å². The number of hydrogen-bond acceptors (Lipinski definition) is 0. The molecule has 452 valence electrons. The van der Waals surface area contributed by atoms with Crippen LogP contribution in [0.1, 0.15) is 85.0 Å². The Hall–Kier alpha value is -9.64. The lowest BCUT2D eigenvalue weighted by Gasteiger charge is -2.10. The molecule has 90 heavy (non-hydrogen) atoms. The second-order valence-corrected chi connectivity index (χ2v) is 24.9. The van der Waals surface area contributed by atoms with Crippen molar-refractivity contribution < 1.29 is 18.3 Å². The van der Waals surface area contributed by atoms with Gasteiger partial charge in [0.1, 0.15) is 28.2 Å². The lowest BCUT2D eigenvalue weighted by atomic mass is 9.96. The molecule has 0 aliphatic heterocycles. The van der Waals surface area contributed by atoms with E-state index in [9.17, 15) is 0 Å². The van der Waals surface area contributed by atoms with E-state index in [2.05, 4.69) is 377 Å². The number of hydrogen-bond donors (Lipinski definition) is 0. The molecule has 0 N–H and O–H groups in total. The monoisotopic (exact) mass is 1180 g/mol. The van der Waals surface area contributed by atoms with Gasteiger partial charge in [0.05, 0.1) is 0 Å². The molecule has 4 heterocycles. The van der Waals surface area contributed by atoms with Crippen molar-refractivity contribution in [3.63, 3.8) is 0 Å². The third kappa shape index (κ3) is 16.5. The maximum atomic E-state index is 2.34. The number of benzene rings is 8. The standard InChI is InChI=1S/C23H26N.C22H24N.C21H22N.C20H20N/c1-17(2)14-19-10-11-22(18(3)15-19)23-16-21(12-13-24(23)4)20-8-6-5-7-9-20;1-16(2)19-10-12-21(17(3)14-19)22-13-11-20(15-23(22)4)18-8-6-5-7-9-18;1-4-17-10-12-20(16(2)14-17)21-13-11-19(15-22(21)3)18-8-6-5-7-9-18;1-15-9-11-19(16(2)13-15)20-12-10-18(14-21(20)3)17-7-5-4-6-8-17/h5-13,15-17H,14H2,1-4H3;5-16H,1-4H3;5-15H,4H2,1-3H3;4-14H,1-3H3/q4*+1. The summed E-state index contributed by atoms with van der Waals surface area (Å²) in [4.78, 5) is 0. The van der Waals surface area contributed by atoms with Gasteiger partial charge in [-0.25, -0.2) is 18.3 Å². The normalized spacial score (nSPS) is 10.8. The molecule has 4 nitrogen and oxygen atoms in total. The lowest BCUT2D eigenvalue weighted by Crippen LogP contribution is -2.30. The molecule has 0 fully saturated rings. The van der Waals surface area contributed by atoms with Gasteiger partial charge in [0.2, 0.25) is 22.8 Å². The van der Waals surface area contributed by atoms with Crippen molar-refractivity contribution >= 4 is 0 Å². The van der Waals surface area contributed by atoms with Crippen LogP contribution in [0.3, 0.4) is 0 Å². The van der Waals surface area contributed by atoms with Gasteiger partial charge in [0, 0.05) is 69.3 Å². The Bertz CT molecular complexity index is 4330. The Morgan fingerprint density at radius 1 is 0.300 bits per heavy atom. The Balaban J connectivity index is 0.000000142. The predicted octanol–water partition coefficient (Wildman–Crippen LogP) is 19.8. The minimum Gasteiger partial charge on any atom is -0.201 e. The SMILES string of the molecule is CCc1ccc(-c2ccc(-c3ccccc3)c[n+]2C)c(C)c1.Cc1cc(C(C)C)ccc1-c1ccc(-c2ccccc2)c[n+]1C.Cc1cc(CC(C)C)ccc1-c1cc(-c2ccccc2)cc[n+]1C.Cc1ccc(-c2ccc(-c3ccccc3)c[n+]2C)c(C)c1. The number of nitrogens with zero attached hydrogens (tertiary/aromatic N) is 4. The first kappa shape index (κ1) is 64.8. The molecule has 0 saturated carbocycles. The highest BCUT2D eigenvalue weighted by Gasteiger charge is 2.19. The van der Waals surface area contributed by atoms with Crippen LogP contribution in [0.15, 0.2) is 267 Å². The molecule has 0 unspecified atom stereocenters. The van der Waals surface area contributed by atoms with E-state index in [4.69, 9.17) is 0 Å². The maximum absolute atomic E-state index is 2.34. The largest absolute Gasteiger partial charge is 0.213 e. The van der Waals surface area contributed by atoms with Crippen molar-refractivity contribution in [3.05, 3.63) is 312 Å². The molecule has 0 aliphatic carbocycles. The Morgan fingerprint density at radius 3 is 1.04 bits per heavy atom. The molecule has 0 atom stereocenters. The van der Waals surface area contributed by atoms with Crippen LogP contribution in [-0.2, 0) is 41.0 Å². The predicted molar refractivity (Wildman–Crippen MR) is 380 cm³/mol. The van der Waals surface area contributed by atoms with E-state index in [1.54, 1.807) is 0 Å². The van der Waals surface area contributed by atoms with Gasteiger partial charge in [0.15, 0.2) is 24.8 Å². The molecule has 0 aliphatic rings. The summed E-state index contributed by atoms with van der Waals surface area (Å²) in [5.41, 5.74) is 31.1. The Labute approximate surface area is 538 Å². The fourth-order valence-electron chi connectivity index (χ4n) is 12.0. The molecule has 0 amide bonds. The summed E-state index contributed by atoms with van der Waals surface area (Å²) in [7, 11) is 8.47. The van der Waals surface area contributed by atoms with E-state index in [1.807, 2.05) is 6.07 Å². The molecular weight excluding hydrogens is 1090 g/mol. The summed E-state index contributed by atoms with van der Waals surface area (Å²) < 4.78 is 8.85. The minimum absolute atomic E-state index is 0.567. The van der Waals surface area contributed by atoms with Gasteiger partial charge < -0.3 is 0 Å². The van der Waals surface area contributed by atoms with Gasteiger partial charge in [-0.3, -0.25) is 0 Å². The molecule has 0 spiro atoms. The van der Waals surface area contributed by atoms with E-state index in [1.165, 1.54) is 134 Å². The van der Waals surface area contributed by atoms with Crippen LogP contribution in [0.4, 0.5) is 0 Å². The molecule has 0 saturated heterocycles. The quantitative estimate of drug-likeness (QED) is 0.108. The maximum Gasteiger partial charge on any atom is 0.213 e. The van der Waals surface area contributed by atoms with Gasteiger partial charge in [0.25, 0.3) is 0 Å². The number of aryl methyl sites for hydroxylation is 10. The van der Waals surface area contributed by atoms with Gasteiger partial charge in [-0.1, -0.05) is 210 Å². The Kier molecular flexibility index (Phi) is 22.0. The van der Waals surface area contributed by atoms with E-state index in [0.717, 1.165) is 12.8 Å². The molecule has 4 aromatic heterocycles. The van der Waals surface area contributed by atoms with Crippen molar-refractivity contribution in [2.24, 2.45) is 34.1 Å². The molecule has 12 rings (SSSR count). The summed E-state index contributed by atoms with van der Waals surface area (Å²) in [5.74, 6) is 1.25. The summed E-state index contributed by atoms with van der Waals surface area (Å²) in [5, 5.41) is 0. The van der Waals surface area contributed by atoms with Crippen LogP contribution in [0.2, 0.25) is 0 Å². The zero-order valence-electron chi connectivity index (χ0n) is 55.8. The first-order valence-electron chi connectivity index (χ1n) is 32.0. The van der Waals surface area contributed by atoms with Crippen molar-refractivity contribution in [2.45, 2.75) is 88.0 Å². The van der Waals surface area contributed by atoms with E-state index in [-0.39, 0.29) is 0 Å². The molecular formula is C86H92N4+4. The molecule has 8 aromatic carbocycles. The van der Waals surface area contributed by atoms with Crippen LogP contribution < -0.4 is 18.3 Å². The fraction of sp³-hybridized carbons (Fsp3) is 0.209. The molecule has 4 heteroatoms.